The van der Waals surface area contributed by atoms with Crippen LogP contribution in [0.25, 0.3) is 11.1 Å². The molecule has 6 heteroatoms. The summed E-state index contributed by atoms with van der Waals surface area (Å²) >= 11 is 6.13. The van der Waals surface area contributed by atoms with Gasteiger partial charge in [0.1, 0.15) is 11.6 Å². The Bertz CT molecular complexity index is 702. The van der Waals surface area contributed by atoms with Gasteiger partial charge >= 0.3 is 0 Å². The Morgan fingerprint density at radius 1 is 1.14 bits per heavy atom. The van der Waals surface area contributed by atoms with E-state index in [4.69, 9.17) is 16.3 Å². The predicted octanol–water partition coefficient (Wildman–Crippen LogP) is 3.41. The van der Waals surface area contributed by atoms with Crippen molar-refractivity contribution in [2.45, 2.75) is 0 Å². The van der Waals surface area contributed by atoms with Gasteiger partial charge in [-0.1, -0.05) is 11.6 Å². The molecule has 116 valence electrons. The lowest BCUT2D eigenvalue weighted by Crippen LogP contribution is -2.19. The second-order valence-corrected chi connectivity index (χ2v) is 5.05. The molecule has 0 aromatic heterocycles. The minimum Gasteiger partial charge on any atom is -0.497 e. The van der Waals surface area contributed by atoms with E-state index in [0.29, 0.717) is 22.3 Å². The van der Waals surface area contributed by atoms with Gasteiger partial charge in [-0.05, 0) is 47.5 Å². The van der Waals surface area contributed by atoms with Gasteiger partial charge in [0.05, 0.1) is 12.8 Å². The summed E-state index contributed by atoms with van der Waals surface area (Å²) < 4.78 is 5.25. The highest BCUT2D eigenvalue weighted by molar-refractivity contribution is 6.31. The Balaban J connectivity index is 2.60. The second kappa shape index (κ2) is 7.15. The highest BCUT2D eigenvalue weighted by Gasteiger charge is 2.09. The Hall–Kier alpha value is -2.24. The number of nitrogens with one attached hydrogen (secondary N) is 2. The topological polar surface area (TPSA) is 65.9 Å². The van der Waals surface area contributed by atoms with Gasteiger partial charge in [-0.2, -0.15) is 0 Å². The van der Waals surface area contributed by atoms with Gasteiger partial charge in [0.25, 0.3) is 0 Å². The standard InChI is InChI=1S/C16H18ClN3O2/c1-18-16(19-2)12-4-10(6-14(7-12)20-21)11-5-13(17)9-15(8-11)22-3/h4-9,20-21H,1-3H3,(H,18,19). The van der Waals surface area contributed by atoms with Crippen molar-refractivity contribution in [3.05, 3.63) is 47.0 Å². The maximum absolute atomic E-state index is 9.25. The fraction of sp³-hybridized carbons (Fsp3) is 0.188. The zero-order valence-corrected chi connectivity index (χ0v) is 13.4. The summed E-state index contributed by atoms with van der Waals surface area (Å²) in [5.74, 6) is 1.39. The number of amidine groups is 1. The van der Waals surface area contributed by atoms with Gasteiger partial charge in [0.2, 0.25) is 0 Å². The number of aliphatic imine (C=N–C) groups is 1. The van der Waals surface area contributed by atoms with Crippen LogP contribution in [0.15, 0.2) is 41.4 Å². The average Bonchev–Trinajstić information content (AvgIpc) is 2.55. The van der Waals surface area contributed by atoms with Crippen LogP contribution in [0, 0.1) is 0 Å². The first-order valence-corrected chi connectivity index (χ1v) is 7.04. The summed E-state index contributed by atoms with van der Waals surface area (Å²) in [6.45, 7) is 0. The van der Waals surface area contributed by atoms with Crippen molar-refractivity contribution in [3.63, 3.8) is 0 Å². The van der Waals surface area contributed by atoms with Crippen LogP contribution in [0.4, 0.5) is 5.69 Å². The lowest BCUT2D eigenvalue weighted by Gasteiger charge is -2.12. The third-order valence-corrected chi connectivity index (χ3v) is 3.45. The van der Waals surface area contributed by atoms with Crippen molar-refractivity contribution in [1.29, 1.82) is 0 Å². The van der Waals surface area contributed by atoms with E-state index in [2.05, 4.69) is 15.8 Å². The molecular formula is C16H18ClN3O2. The number of hydrogen-bond acceptors (Lipinski definition) is 4. The summed E-state index contributed by atoms with van der Waals surface area (Å²) in [6, 6.07) is 11.0. The maximum Gasteiger partial charge on any atom is 0.127 e. The Labute approximate surface area is 134 Å². The van der Waals surface area contributed by atoms with Crippen molar-refractivity contribution < 1.29 is 9.94 Å². The molecule has 0 amide bonds. The monoisotopic (exact) mass is 319 g/mol. The van der Waals surface area contributed by atoms with Gasteiger partial charge in [-0.3, -0.25) is 15.7 Å². The molecule has 0 spiro atoms. The van der Waals surface area contributed by atoms with Crippen LogP contribution in [0.2, 0.25) is 5.02 Å². The molecule has 5 nitrogen and oxygen atoms in total. The van der Waals surface area contributed by atoms with Gasteiger partial charge in [0.15, 0.2) is 0 Å². The summed E-state index contributed by atoms with van der Waals surface area (Å²) in [4.78, 5) is 4.18. The number of anilines is 1. The van der Waals surface area contributed by atoms with E-state index in [-0.39, 0.29) is 0 Å². The van der Waals surface area contributed by atoms with E-state index in [1.807, 2.05) is 24.3 Å². The maximum atomic E-state index is 9.25. The molecule has 22 heavy (non-hydrogen) atoms. The van der Waals surface area contributed by atoms with E-state index in [1.54, 1.807) is 33.3 Å². The number of hydrogen-bond donors (Lipinski definition) is 3. The molecule has 0 aliphatic carbocycles. The first-order chi connectivity index (χ1) is 10.6. The van der Waals surface area contributed by atoms with Crippen LogP contribution in [0.1, 0.15) is 5.56 Å². The number of halogens is 1. The molecule has 0 aliphatic heterocycles. The van der Waals surface area contributed by atoms with Crippen LogP contribution in [0.5, 0.6) is 5.75 Å². The van der Waals surface area contributed by atoms with Crippen LogP contribution in [-0.2, 0) is 0 Å². The number of methoxy groups -OCH3 is 1. The Kier molecular flexibility index (Phi) is 5.25. The molecule has 0 saturated carbocycles. The van der Waals surface area contributed by atoms with Crippen LogP contribution in [-0.4, -0.2) is 32.2 Å². The highest BCUT2D eigenvalue weighted by Crippen LogP contribution is 2.31. The molecule has 3 N–H and O–H groups in total. The fourth-order valence-corrected chi connectivity index (χ4v) is 2.45. The third-order valence-electron chi connectivity index (χ3n) is 3.24. The van der Waals surface area contributed by atoms with Gasteiger partial charge in [-0.15, -0.1) is 0 Å². The Morgan fingerprint density at radius 2 is 1.86 bits per heavy atom. The van der Waals surface area contributed by atoms with Gasteiger partial charge in [0, 0.05) is 24.7 Å². The normalized spacial score (nSPS) is 11.2. The summed E-state index contributed by atoms with van der Waals surface area (Å²) in [5, 5.41) is 12.9. The number of nitrogens with zero attached hydrogens (tertiary/aromatic N) is 1. The molecule has 0 fully saturated rings. The molecule has 2 aromatic carbocycles. The second-order valence-electron chi connectivity index (χ2n) is 4.61. The molecule has 0 saturated heterocycles. The SMILES string of the molecule is CN=C(NC)c1cc(NO)cc(-c2cc(Cl)cc(OC)c2)c1. The average molecular weight is 320 g/mol. The number of rotatable bonds is 4. The third kappa shape index (κ3) is 3.50. The number of benzene rings is 2. The number of ether oxygens (including phenoxy) is 1. The van der Waals surface area contributed by atoms with Gasteiger partial charge < -0.3 is 10.1 Å². The fourth-order valence-electron chi connectivity index (χ4n) is 2.23. The summed E-state index contributed by atoms with van der Waals surface area (Å²) in [6.07, 6.45) is 0. The first kappa shape index (κ1) is 16.1. The Morgan fingerprint density at radius 3 is 2.45 bits per heavy atom. The van der Waals surface area contributed by atoms with E-state index < -0.39 is 0 Å². The molecule has 0 bridgehead atoms. The molecule has 2 rings (SSSR count). The molecule has 2 aromatic rings. The van der Waals surface area contributed by atoms with Crippen molar-refractivity contribution in [2.75, 3.05) is 26.7 Å². The molecular weight excluding hydrogens is 302 g/mol. The molecule has 0 aliphatic rings. The largest absolute Gasteiger partial charge is 0.497 e. The summed E-state index contributed by atoms with van der Waals surface area (Å²) in [5.41, 5.74) is 5.34. The molecule has 0 atom stereocenters. The van der Waals surface area contributed by atoms with Gasteiger partial charge in [-0.25, -0.2) is 0 Å². The van der Waals surface area contributed by atoms with E-state index >= 15 is 0 Å². The molecule has 0 unspecified atom stereocenters. The van der Waals surface area contributed by atoms with Crippen molar-refractivity contribution >= 4 is 23.1 Å². The smallest absolute Gasteiger partial charge is 0.127 e. The van der Waals surface area contributed by atoms with Crippen LogP contribution >= 0.6 is 11.6 Å². The quantitative estimate of drug-likeness (QED) is 0.459. The predicted molar refractivity (Wildman–Crippen MR) is 90.4 cm³/mol. The van der Waals surface area contributed by atoms with Crippen molar-refractivity contribution in [1.82, 2.24) is 5.32 Å². The van der Waals surface area contributed by atoms with E-state index in [1.165, 1.54) is 0 Å². The molecule has 0 radical (unpaired) electrons. The van der Waals surface area contributed by atoms with Crippen molar-refractivity contribution in [2.24, 2.45) is 4.99 Å². The lowest BCUT2D eigenvalue weighted by atomic mass is 10.0. The minimum atomic E-state index is 0.558. The highest BCUT2D eigenvalue weighted by atomic mass is 35.5. The zero-order valence-electron chi connectivity index (χ0n) is 12.6. The zero-order chi connectivity index (χ0) is 16.1. The minimum absolute atomic E-state index is 0.558. The van der Waals surface area contributed by atoms with Crippen molar-refractivity contribution in [3.8, 4) is 16.9 Å². The first-order valence-electron chi connectivity index (χ1n) is 6.66. The molecule has 0 heterocycles. The van der Waals surface area contributed by atoms with Crippen LogP contribution in [0.3, 0.4) is 0 Å². The lowest BCUT2D eigenvalue weighted by molar-refractivity contribution is 0.389. The van der Waals surface area contributed by atoms with E-state index in [9.17, 15) is 5.21 Å². The van der Waals surface area contributed by atoms with Crippen LogP contribution < -0.4 is 15.5 Å². The van der Waals surface area contributed by atoms with E-state index in [0.717, 1.165) is 16.7 Å². The summed E-state index contributed by atoms with van der Waals surface area (Å²) in [7, 11) is 5.09.